The highest BCUT2D eigenvalue weighted by Crippen LogP contribution is 2.30. The zero-order valence-electron chi connectivity index (χ0n) is 14.3. The van der Waals surface area contributed by atoms with E-state index in [4.69, 9.17) is 0 Å². The number of aromatic carboxylic acids is 1. The zero-order chi connectivity index (χ0) is 19.9. The molecule has 10 heteroatoms. The summed E-state index contributed by atoms with van der Waals surface area (Å²) in [4.78, 5) is 22.7. The number of amides is 1. The minimum absolute atomic E-state index is 0.0481. The maximum absolute atomic E-state index is 12.9. The van der Waals surface area contributed by atoms with Crippen molar-refractivity contribution in [1.82, 2.24) is 10.2 Å². The van der Waals surface area contributed by atoms with Crippen LogP contribution in [0.25, 0.3) is 0 Å². The van der Waals surface area contributed by atoms with E-state index in [1.807, 2.05) is 0 Å². The van der Waals surface area contributed by atoms with E-state index in [1.165, 1.54) is 71.3 Å². The highest BCUT2D eigenvalue weighted by molar-refractivity contribution is 8.03. The van der Waals surface area contributed by atoms with Gasteiger partial charge in [-0.05, 0) is 35.4 Å². The smallest absolute Gasteiger partial charge is 0.234 e. The van der Waals surface area contributed by atoms with Gasteiger partial charge in [0.1, 0.15) is 5.82 Å². The molecular weight excluding hydrogens is 421 g/mol. The lowest BCUT2D eigenvalue weighted by atomic mass is 10.2. The topological polar surface area (TPSA) is 95.0 Å². The maximum Gasteiger partial charge on any atom is 0.234 e. The minimum atomic E-state index is -1.27. The average Bonchev–Trinajstić information content (AvgIpc) is 3.14. The van der Waals surface area contributed by atoms with E-state index in [9.17, 15) is 19.1 Å². The number of carboxylic acid groups (broad SMARTS) is 1. The molecule has 1 N–H and O–H groups in total. The highest BCUT2D eigenvalue weighted by atomic mass is 32.2. The van der Waals surface area contributed by atoms with E-state index in [0.717, 1.165) is 9.90 Å². The van der Waals surface area contributed by atoms with E-state index in [1.54, 1.807) is 12.1 Å². The number of aromatic nitrogens is 2. The van der Waals surface area contributed by atoms with Crippen LogP contribution >= 0.6 is 34.9 Å². The van der Waals surface area contributed by atoms with Gasteiger partial charge in [-0.15, -0.1) is 10.2 Å². The summed E-state index contributed by atoms with van der Waals surface area (Å²) in [6.07, 6.45) is 0. The number of anilines is 1. The molecule has 0 saturated carbocycles. The highest BCUT2D eigenvalue weighted by Gasteiger charge is 2.09. The number of rotatable bonds is 8. The first-order valence-electron chi connectivity index (χ1n) is 7.94. The first-order chi connectivity index (χ1) is 13.5. The van der Waals surface area contributed by atoms with Crippen molar-refractivity contribution in [3.8, 4) is 0 Å². The summed E-state index contributed by atoms with van der Waals surface area (Å²) in [6, 6.07) is 12.0. The second kappa shape index (κ2) is 9.67. The predicted octanol–water partition coefficient (Wildman–Crippen LogP) is 3.06. The normalized spacial score (nSPS) is 10.6. The number of halogens is 1. The third-order valence-electron chi connectivity index (χ3n) is 3.39. The fraction of sp³-hybridized carbons (Fsp3) is 0.111. The average molecular weight is 435 g/mol. The van der Waals surface area contributed by atoms with E-state index in [2.05, 4.69) is 15.5 Å². The monoisotopic (exact) mass is 434 g/mol. The van der Waals surface area contributed by atoms with Crippen molar-refractivity contribution < 1.29 is 19.1 Å². The molecule has 0 radical (unpaired) electrons. The second-order valence-corrected chi connectivity index (χ2v) is 8.87. The van der Waals surface area contributed by atoms with Crippen LogP contribution < -0.4 is 10.4 Å². The quantitative estimate of drug-likeness (QED) is 0.545. The standard InChI is InChI=1S/C18H14FN3O3S3/c19-13-5-1-11(2-6-13)9-26-17-21-22-18(28-17)27-10-15(23)20-14-7-3-12(4-8-14)16(24)25/h1-8H,9-10H2,(H,20,23)(H,24,25)/p-1. The van der Waals surface area contributed by atoms with Gasteiger partial charge in [-0.25, -0.2) is 4.39 Å². The molecular formula is C18H13FN3O3S3-. The Balaban J connectivity index is 1.45. The van der Waals surface area contributed by atoms with Crippen LogP contribution in [0.3, 0.4) is 0 Å². The Kier molecular flexibility index (Phi) is 7.01. The van der Waals surface area contributed by atoms with E-state index < -0.39 is 5.97 Å². The van der Waals surface area contributed by atoms with E-state index >= 15 is 0 Å². The third kappa shape index (κ3) is 6.04. The Morgan fingerprint density at radius 1 is 1.00 bits per heavy atom. The molecule has 1 aromatic heterocycles. The van der Waals surface area contributed by atoms with Crippen LogP contribution in [0.5, 0.6) is 0 Å². The van der Waals surface area contributed by atoms with Crippen molar-refractivity contribution in [3.05, 3.63) is 65.5 Å². The molecule has 1 heterocycles. The second-order valence-electron chi connectivity index (χ2n) is 5.45. The Labute approximate surface area is 172 Å². The molecule has 3 aromatic rings. The number of carbonyl (C=O) groups excluding carboxylic acids is 2. The molecule has 0 atom stereocenters. The number of hydrogen-bond acceptors (Lipinski definition) is 8. The summed E-state index contributed by atoms with van der Waals surface area (Å²) in [5.74, 6) is -0.960. The number of nitrogens with one attached hydrogen (secondary N) is 1. The number of thioether (sulfide) groups is 2. The minimum Gasteiger partial charge on any atom is -0.545 e. The van der Waals surface area contributed by atoms with Gasteiger partial charge in [-0.2, -0.15) is 0 Å². The summed E-state index contributed by atoms with van der Waals surface area (Å²) >= 11 is 4.15. The Bertz CT molecular complexity index is 962. The van der Waals surface area contributed by atoms with Gasteiger partial charge in [0.2, 0.25) is 5.91 Å². The molecule has 0 aliphatic heterocycles. The molecule has 0 bridgehead atoms. The van der Waals surface area contributed by atoms with Crippen molar-refractivity contribution in [2.75, 3.05) is 11.1 Å². The first kappa shape index (κ1) is 20.3. The van der Waals surface area contributed by atoms with E-state index in [0.29, 0.717) is 15.8 Å². The molecule has 1 amide bonds. The predicted molar refractivity (Wildman–Crippen MR) is 106 cm³/mol. The molecule has 0 spiro atoms. The van der Waals surface area contributed by atoms with Crippen LogP contribution in [-0.2, 0) is 10.5 Å². The Morgan fingerprint density at radius 3 is 2.29 bits per heavy atom. The maximum atomic E-state index is 12.9. The largest absolute Gasteiger partial charge is 0.545 e. The van der Waals surface area contributed by atoms with Gasteiger partial charge in [0, 0.05) is 11.4 Å². The summed E-state index contributed by atoms with van der Waals surface area (Å²) in [5.41, 5.74) is 1.54. The molecule has 0 unspecified atom stereocenters. The lowest BCUT2D eigenvalue weighted by Crippen LogP contribution is -2.22. The van der Waals surface area contributed by atoms with Gasteiger partial charge < -0.3 is 15.2 Å². The Hall–Kier alpha value is -2.43. The summed E-state index contributed by atoms with van der Waals surface area (Å²) in [5, 5.41) is 21.5. The number of carbonyl (C=O) groups is 2. The van der Waals surface area contributed by atoms with Gasteiger partial charge in [0.05, 0.1) is 11.7 Å². The molecule has 144 valence electrons. The molecule has 6 nitrogen and oxygen atoms in total. The van der Waals surface area contributed by atoms with E-state index in [-0.39, 0.29) is 23.0 Å². The van der Waals surface area contributed by atoms with Crippen LogP contribution in [0, 0.1) is 5.82 Å². The summed E-state index contributed by atoms with van der Waals surface area (Å²) in [6.45, 7) is 0. The lowest BCUT2D eigenvalue weighted by molar-refractivity contribution is -0.255. The SMILES string of the molecule is O=C(CSc1nnc(SCc2ccc(F)cc2)s1)Nc1ccc(C(=O)[O-])cc1. The van der Waals surface area contributed by atoms with Gasteiger partial charge >= 0.3 is 0 Å². The molecule has 3 rings (SSSR count). The number of carboxylic acids is 1. The summed E-state index contributed by atoms with van der Waals surface area (Å²) < 4.78 is 14.3. The third-order valence-corrected chi connectivity index (χ3v) is 6.66. The molecule has 0 saturated heterocycles. The van der Waals surface area contributed by atoms with Crippen LogP contribution in [0.2, 0.25) is 0 Å². The van der Waals surface area contributed by atoms with Crippen LogP contribution in [0.15, 0.2) is 57.2 Å². The zero-order valence-corrected chi connectivity index (χ0v) is 16.7. The number of hydrogen-bond donors (Lipinski definition) is 1. The fourth-order valence-corrected chi connectivity index (χ4v) is 4.83. The molecule has 2 aromatic carbocycles. The van der Waals surface area contributed by atoms with Crippen LogP contribution in [0.1, 0.15) is 15.9 Å². The van der Waals surface area contributed by atoms with Crippen LogP contribution in [-0.4, -0.2) is 27.8 Å². The fourth-order valence-electron chi connectivity index (χ4n) is 2.05. The van der Waals surface area contributed by atoms with Gasteiger partial charge in [0.15, 0.2) is 8.68 Å². The summed E-state index contributed by atoms with van der Waals surface area (Å²) in [7, 11) is 0. The van der Waals surface area contributed by atoms with Gasteiger partial charge in [0.25, 0.3) is 0 Å². The number of benzene rings is 2. The molecule has 28 heavy (non-hydrogen) atoms. The molecule has 0 aliphatic carbocycles. The van der Waals surface area contributed by atoms with Gasteiger partial charge in [-0.3, -0.25) is 4.79 Å². The Morgan fingerprint density at radius 2 is 1.64 bits per heavy atom. The van der Waals surface area contributed by atoms with Crippen molar-refractivity contribution >= 4 is 52.4 Å². The van der Waals surface area contributed by atoms with Crippen molar-refractivity contribution in [2.45, 2.75) is 14.4 Å². The van der Waals surface area contributed by atoms with Crippen molar-refractivity contribution in [1.29, 1.82) is 0 Å². The van der Waals surface area contributed by atoms with Gasteiger partial charge in [-0.1, -0.05) is 59.1 Å². The molecule has 0 aliphatic rings. The van der Waals surface area contributed by atoms with Crippen molar-refractivity contribution in [3.63, 3.8) is 0 Å². The first-order valence-corrected chi connectivity index (χ1v) is 10.7. The van der Waals surface area contributed by atoms with Crippen molar-refractivity contribution in [2.24, 2.45) is 0 Å². The van der Waals surface area contributed by atoms with Crippen LogP contribution in [0.4, 0.5) is 10.1 Å². The number of nitrogens with zero attached hydrogens (tertiary/aromatic N) is 2. The molecule has 0 fully saturated rings. The lowest BCUT2D eigenvalue weighted by Gasteiger charge is -2.06.